The highest BCUT2D eigenvalue weighted by Gasteiger charge is 2.28. The summed E-state index contributed by atoms with van der Waals surface area (Å²) in [5.41, 5.74) is 1.59. The fraction of sp³-hybridized carbons (Fsp3) is 0.278. The van der Waals surface area contributed by atoms with E-state index in [1.54, 1.807) is 6.07 Å². The van der Waals surface area contributed by atoms with Crippen molar-refractivity contribution in [3.05, 3.63) is 65.5 Å². The molecule has 1 saturated heterocycles. The normalized spacial score (nSPS) is 16.5. The van der Waals surface area contributed by atoms with Gasteiger partial charge in [-0.05, 0) is 35.9 Å². The van der Waals surface area contributed by atoms with E-state index in [9.17, 15) is 12.8 Å². The van der Waals surface area contributed by atoms with E-state index in [0.717, 1.165) is 17.7 Å². The fourth-order valence-corrected chi connectivity index (χ4v) is 4.31. The van der Waals surface area contributed by atoms with Gasteiger partial charge in [-0.1, -0.05) is 18.2 Å². The Morgan fingerprint density at radius 2 is 1.64 bits per heavy atom. The van der Waals surface area contributed by atoms with E-state index in [0.29, 0.717) is 38.3 Å². The molecule has 0 aliphatic carbocycles. The van der Waals surface area contributed by atoms with E-state index in [1.165, 1.54) is 16.4 Å². The highest BCUT2D eigenvalue weighted by atomic mass is 32.2. The molecule has 0 spiro atoms. The van der Waals surface area contributed by atoms with Gasteiger partial charge in [0.25, 0.3) is 0 Å². The molecule has 1 fully saturated rings. The number of piperazine rings is 1. The highest BCUT2D eigenvalue weighted by Crippen LogP contribution is 2.19. The molecule has 2 aromatic rings. The zero-order valence-electron chi connectivity index (χ0n) is 13.6. The van der Waals surface area contributed by atoms with Gasteiger partial charge in [0, 0.05) is 32.7 Å². The molecule has 1 aliphatic rings. The van der Waals surface area contributed by atoms with Crippen LogP contribution in [0, 0.1) is 17.1 Å². The Bertz CT molecular complexity index is 883. The van der Waals surface area contributed by atoms with Crippen molar-refractivity contribution in [1.82, 2.24) is 9.21 Å². The van der Waals surface area contributed by atoms with Crippen LogP contribution in [-0.2, 0) is 16.6 Å². The van der Waals surface area contributed by atoms with Crippen molar-refractivity contribution in [1.29, 1.82) is 5.26 Å². The standard InChI is InChI=1S/C18H18FN3O2S/c19-17-5-7-18(8-6-17)25(23,24)22-11-9-21(10-12-22)14-16-4-2-1-3-15(16)13-20/h1-8H,9-12,14H2. The van der Waals surface area contributed by atoms with E-state index in [2.05, 4.69) is 11.0 Å². The van der Waals surface area contributed by atoms with Crippen LogP contribution in [0.5, 0.6) is 0 Å². The highest BCUT2D eigenvalue weighted by molar-refractivity contribution is 7.89. The minimum absolute atomic E-state index is 0.108. The largest absolute Gasteiger partial charge is 0.296 e. The molecule has 0 amide bonds. The molecule has 1 aliphatic heterocycles. The summed E-state index contributed by atoms with van der Waals surface area (Å²) in [5, 5.41) is 9.16. The SMILES string of the molecule is N#Cc1ccccc1CN1CCN(S(=O)(=O)c2ccc(F)cc2)CC1. The maximum atomic E-state index is 13.0. The van der Waals surface area contributed by atoms with Gasteiger partial charge in [0.2, 0.25) is 10.0 Å². The summed E-state index contributed by atoms with van der Waals surface area (Å²) in [6.45, 7) is 2.53. The van der Waals surface area contributed by atoms with Crippen LogP contribution in [0.25, 0.3) is 0 Å². The van der Waals surface area contributed by atoms with Gasteiger partial charge >= 0.3 is 0 Å². The molecule has 5 nitrogen and oxygen atoms in total. The molecule has 0 atom stereocenters. The number of benzene rings is 2. The Labute approximate surface area is 147 Å². The van der Waals surface area contributed by atoms with Crippen molar-refractivity contribution >= 4 is 10.0 Å². The van der Waals surface area contributed by atoms with Crippen molar-refractivity contribution in [2.24, 2.45) is 0 Å². The quantitative estimate of drug-likeness (QED) is 0.840. The Hall–Kier alpha value is -2.27. The number of rotatable bonds is 4. The lowest BCUT2D eigenvalue weighted by Crippen LogP contribution is -2.48. The smallest absolute Gasteiger partial charge is 0.243 e. The summed E-state index contributed by atoms with van der Waals surface area (Å²) >= 11 is 0. The summed E-state index contributed by atoms with van der Waals surface area (Å²) in [6, 6.07) is 14.5. The first-order valence-corrected chi connectivity index (χ1v) is 9.41. The molecule has 0 aromatic heterocycles. The third-order valence-electron chi connectivity index (χ3n) is 4.31. The Kier molecular flexibility index (Phi) is 5.13. The lowest BCUT2D eigenvalue weighted by atomic mass is 10.1. The van der Waals surface area contributed by atoms with Gasteiger partial charge in [-0.2, -0.15) is 9.57 Å². The average molecular weight is 359 g/mol. The topological polar surface area (TPSA) is 64.4 Å². The first kappa shape index (κ1) is 17.5. The van der Waals surface area contributed by atoms with Crippen LogP contribution in [0.1, 0.15) is 11.1 Å². The van der Waals surface area contributed by atoms with Crippen LogP contribution < -0.4 is 0 Å². The zero-order valence-corrected chi connectivity index (χ0v) is 14.4. The van der Waals surface area contributed by atoms with Crippen molar-refractivity contribution in [3.8, 4) is 6.07 Å². The molecule has 0 radical (unpaired) electrons. The minimum Gasteiger partial charge on any atom is -0.296 e. The zero-order chi connectivity index (χ0) is 17.9. The molecule has 1 heterocycles. The fourth-order valence-electron chi connectivity index (χ4n) is 2.89. The van der Waals surface area contributed by atoms with Crippen LogP contribution in [0.4, 0.5) is 4.39 Å². The van der Waals surface area contributed by atoms with Crippen LogP contribution in [0.2, 0.25) is 0 Å². The lowest BCUT2D eigenvalue weighted by Gasteiger charge is -2.34. The predicted molar refractivity (Wildman–Crippen MR) is 91.6 cm³/mol. The number of nitriles is 1. The first-order valence-electron chi connectivity index (χ1n) is 7.97. The predicted octanol–water partition coefficient (Wildman–Crippen LogP) is 2.20. The Morgan fingerprint density at radius 1 is 1.00 bits per heavy atom. The molecule has 0 unspecified atom stereocenters. The number of hydrogen-bond donors (Lipinski definition) is 0. The summed E-state index contributed by atoms with van der Waals surface area (Å²) < 4.78 is 39.6. The van der Waals surface area contributed by atoms with Crippen molar-refractivity contribution in [2.45, 2.75) is 11.4 Å². The third kappa shape index (κ3) is 3.87. The summed E-state index contributed by atoms with van der Waals surface area (Å²) in [5.74, 6) is -0.458. The molecule has 2 aromatic carbocycles. The second-order valence-corrected chi connectivity index (χ2v) is 7.84. The average Bonchev–Trinajstić information content (AvgIpc) is 2.63. The van der Waals surface area contributed by atoms with Crippen LogP contribution in [0.3, 0.4) is 0 Å². The summed E-state index contributed by atoms with van der Waals surface area (Å²) in [4.78, 5) is 2.24. The van der Waals surface area contributed by atoms with Gasteiger partial charge in [0.1, 0.15) is 5.82 Å². The lowest BCUT2D eigenvalue weighted by molar-refractivity contribution is 0.181. The van der Waals surface area contributed by atoms with Crippen LogP contribution >= 0.6 is 0 Å². The summed E-state index contributed by atoms with van der Waals surface area (Å²) in [7, 11) is -3.60. The molecule has 0 saturated carbocycles. The van der Waals surface area contributed by atoms with Gasteiger partial charge in [-0.3, -0.25) is 4.90 Å². The van der Waals surface area contributed by atoms with E-state index >= 15 is 0 Å². The number of hydrogen-bond acceptors (Lipinski definition) is 4. The maximum absolute atomic E-state index is 13.0. The van der Waals surface area contributed by atoms with E-state index in [4.69, 9.17) is 5.26 Å². The van der Waals surface area contributed by atoms with Gasteiger partial charge in [0.15, 0.2) is 0 Å². The molecule has 7 heteroatoms. The van der Waals surface area contributed by atoms with Crippen molar-refractivity contribution < 1.29 is 12.8 Å². The van der Waals surface area contributed by atoms with Crippen molar-refractivity contribution in [2.75, 3.05) is 26.2 Å². The summed E-state index contributed by atoms with van der Waals surface area (Å²) in [6.07, 6.45) is 0. The third-order valence-corrected chi connectivity index (χ3v) is 6.23. The molecule has 0 bridgehead atoms. The number of nitrogens with zero attached hydrogens (tertiary/aromatic N) is 3. The van der Waals surface area contributed by atoms with Gasteiger partial charge in [0.05, 0.1) is 16.5 Å². The van der Waals surface area contributed by atoms with Crippen LogP contribution in [0.15, 0.2) is 53.4 Å². The Morgan fingerprint density at radius 3 is 2.28 bits per heavy atom. The maximum Gasteiger partial charge on any atom is 0.243 e. The molecular formula is C18H18FN3O2S. The second-order valence-electron chi connectivity index (χ2n) is 5.90. The molecule has 3 rings (SSSR count). The van der Waals surface area contributed by atoms with Gasteiger partial charge in [-0.15, -0.1) is 0 Å². The molecule has 0 N–H and O–H groups in total. The van der Waals surface area contributed by atoms with Crippen molar-refractivity contribution in [3.63, 3.8) is 0 Å². The van der Waals surface area contributed by atoms with E-state index in [1.807, 2.05) is 18.2 Å². The van der Waals surface area contributed by atoms with Gasteiger partial charge < -0.3 is 0 Å². The molecule has 130 valence electrons. The van der Waals surface area contributed by atoms with Crippen LogP contribution in [-0.4, -0.2) is 43.8 Å². The van der Waals surface area contributed by atoms with E-state index < -0.39 is 15.8 Å². The monoisotopic (exact) mass is 359 g/mol. The second kappa shape index (κ2) is 7.31. The van der Waals surface area contributed by atoms with E-state index in [-0.39, 0.29) is 4.90 Å². The number of sulfonamides is 1. The molecular weight excluding hydrogens is 341 g/mol. The first-order chi connectivity index (χ1) is 12.0. The minimum atomic E-state index is -3.60. The Balaban J connectivity index is 1.65. The molecule has 25 heavy (non-hydrogen) atoms. The number of halogens is 1. The van der Waals surface area contributed by atoms with Gasteiger partial charge in [-0.25, -0.2) is 12.8 Å².